The molecule has 0 aliphatic carbocycles. The Hall–Kier alpha value is -3.09. The molecule has 1 aromatic carbocycles. The fourth-order valence-corrected chi connectivity index (χ4v) is 2.56. The first kappa shape index (κ1) is 15.8. The van der Waals surface area contributed by atoms with Crippen molar-refractivity contribution >= 4 is 34.8 Å². The number of ether oxygens (including phenoxy) is 1. The minimum atomic E-state index is -0.568. The third-order valence-corrected chi connectivity index (χ3v) is 3.61. The lowest BCUT2D eigenvalue weighted by Crippen LogP contribution is -2.30. The molecule has 2 heterocycles. The van der Waals surface area contributed by atoms with E-state index in [4.69, 9.17) is 10.5 Å². The van der Waals surface area contributed by atoms with E-state index < -0.39 is 6.09 Å². The fourth-order valence-electron chi connectivity index (χ4n) is 2.56. The maximum atomic E-state index is 11.5. The van der Waals surface area contributed by atoms with Crippen LogP contribution in [-0.4, -0.2) is 29.4 Å². The number of anilines is 3. The van der Waals surface area contributed by atoms with Gasteiger partial charge in [0, 0.05) is 6.07 Å². The zero-order chi connectivity index (χ0) is 17.1. The van der Waals surface area contributed by atoms with Crippen molar-refractivity contribution in [2.24, 2.45) is 4.99 Å². The Balaban J connectivity index is 1.95. The minimum Gasteiger partial charge on any atom is -0.450 e. The first-order chi connectivity index (χ1) is 11.6. The standard InChI is InChI=1S/C17H19N5O2/c1-3-24-17(23)21-13-9-12-15(16(18)20-13)22-14(10(2)19-12)11-7-5-4-6-8-11/h4-10,19H,3H2,1-2H3,(H3,18,20,21,23)/t10-/m1/s1. The predicted molar refractivity (Wildman–Crippen MR) is 95.0 cm³/mol. The molecule has 24 heavy (non-hydrogen) atoms. The second-order valence-corrected chi connectivity index (χ2v) is 5.36. The van der Waals surface area contributed by atoms with Crippen molar-refractivity contribution in [3.63, 3.8) is 0 Å². The Morgan fingerprint density at radius 3 is 2.83 bits per heavy atom. The molecule has 124 valence electrons. The fraction of sp³-hybridized carbons (Fsp3) is 0.235. The number of pyridine rings is 1. The van der Waals surface area contributed by atoms with Crippen molar-refractivity contribution in [2.75, 3.05) is 23.0 Å². The number of nitrogens with zero attached hydrogens (tertiary/aromatic N) is 2. The van der Waals surface area contributed by atoms with Crippen molar-refractivity contribution in [2.45, 2.75) is 19.9 Å². The largest absolute Gasteiger partial charge is 0.450 e. The predicted octanol–water partition coefficient (Wildman–Crippen LogP) is 3.17. The lowest BCUT2D eigenvalue weighted by Gasteiger charge is -2.25. The molecule has 1 atom stereocenters. The molecular formula is C17H19N5O2. The van der Waals surface area contributed by atoms with Gasteiger partial charge in [-0.3, -0.25) is 5.32 Å². The van der Waals surface area contributed by atoms with Crippen molar-refractivity contribution < 1.29 is 9.53 Å². The van der Waals surface area contributed by atoms with Crippen molar-refractivity contribution in [1.29, 1.82) is 0 Å². The molecule has 1 amide bonds. The van der Waals surface area contributed by atoms with Crippen LogP contribution in [0.3, 0.4) is 0 Å². The van der Waals surface area contributed by atoms with Gasteiger partial charge < -0.3 is 15.8 Å². The molecule has 1 aliphatic heterocycles. The average Bonchev–Trinajstić information content (AvgIpc) is 2.55. The highest BCUT2D eigenvalue weighted by molar-refractivity contribution is 6.10. The summed E-state index contributed by atoms with van der Waals surface area (Å²) in [6.45, 7) is 4.04. The highest BCUT2D eigenvalue weighted by Crippen LogP contribution is 2.37. The molecule has 0 bridgehead atoms. The molecule has 3 rings (SSSR count). The van der Waals surface area contributed by atoms with Crippen LogP contribution >= 0.6 is 0 Å². The number of amides is 1. The summed E-state index contributed by atoms with van der Waals surface area (Å²) in [6.07, 6.45) is -0.568. The summed E-state index contributed by atoms with van der Waals surface area (Å²) in [5.41, 5.74) is 9.24. The number of benzene rings is 1. The number of aromatic nitrogens is 1. The van der Waals surface area contributed by atoms with Gasteiger partial charge in [-0.2, -0.15) is 0 Å². The van der Waals surface area contributed by atoms with Crippen LogP contribution in [0.25, 0.3) is 0 Å². The van der Waals surface area contributed by atoms with E-state index in [2.05, 4.69) is 20.6 Å². The first-order valence-electron chi connectivity index (χ1n) is 7.73. The third-order valence-electron chi connectivity index (χ3n) is 3.61. The van der Waals surface area contributed by atoms with Crippen LogP contribution in [0.15, 0.2) is 41.4 Å². The van der Waals surface area contributed by atoms with Gasteiger partial charge >= 0.3 is 6.09 Å². The molecule has 2 aromatic rings. The normalized spacial score (nSPS) is 15.8. The number of fused-ring (bicyclic) bond motifs is 1. The van der Waals surface area contributed by atoms with E-state index in [9.17, 15) is 4.79 Å². The van der Waals surface area contributed by atoms with Gasteiger partial charge in [-0.1, -0.05) is 30.3 Å². The zero-order valence-corrected chi connectivity index (χ0v) is 13.5. The number of hydrogen-bond donors (Lipinski definition) is 3. The number of nitrogen functional groups attached to an aromatic ring is 1. The van der Waals surface area contributed by atoms with Gasteiger partial charge in [0.1, 0.15) is 11.5 Å². The van der Waals surface area contributed by atoms with Gasteiger partial charge in [0.15, 0.2) is 5.82 Å². The zero-order valence-electron chi connectivity index (χ0n) is 13.5. The van der Waals surface area contributed by atoms with E-state index in [0.29, 0.717) is 11.5 Å². The van der Waals surface area contributed by atoms with E-state index in [-0.39, 0.29) is 18.5 Å². The highest BCUT2D eigenvalue weighted by atomic mass is 16.5. The van der Waals surface area contributed by atoms with Crippen LogP contribution < -0.4 is 16.4 Å². The molecule has 1 aliphatic rings. The maximum Gasteiger partial charge on any atom is 0.412 e. The number of nitrogens with two attached hydrogens (primary N) is 1. The average molecular weight is 325 g/mol. The molecule has 0 saturated heterocycles. The van der Waals surface area contributed by atoms with E-state index in [1.807, 2.05) is 37.3 Å². The summed E-state index contributed by atoms with van der Waals surface area (Å²) < 4.78 is 4.85. The molecule has 0 fully saturated rings. The molecule has 0 spiro atoms. The van der Waals surface area contributed by atoms with Crippen molar-refractivity contribution in [1.82, 2.24) is 4.98 Å². The Morgan fingerprint density at radius 2 is 2.12 bits per heavy atom. The Kier molecular flexibility index (Phi) is 4.33. The molecule has 7 heteroatoms. The molecule has 0 unspecified atom stereocenters. The topological polar surface area (TPSA) is 102 Å². The monoisotopic (exact) mass is 325 g/mol. The third kappa shape index (κ3) is 3.15. The molecule has 0 saturated carbocycles. The van der Waals surface area contributed by atoms with Crippen molar-refractivity contribution in [3.05, 3.63) is 42.0 Å². The number of carbonyl (C=O) groups excluding carboxylic acids is 1. The SMILES string of the molecule is CCOC(=O)Nc1cc2c(c(N)n1)N=C(c1ccccc1)[C@@H](C)N2. The Bertz CT molecular complexity index is 789. The Labute approximate surface area is 140 Å². The van der Waals surface area contributed by atoms with Gasteiger partial charge in [-0.25, -0.2) is 14.8 Å². The summed E-state index contributed by atoms with van der Waals surface area (Å²) in [4.78, 5) is 20.4. The number of aliphatic imine (C=N–C) groups is 1. The summed E-state index contributed by atoms with van der Waals surface area (Å²) in [7, 11) is 0. The molecular weight excluding hydrogens is 306 g/mol. The van der Waals surface area contributed by atoms with Gasteiger partial charge in [-0.05, 0) is 19.4 Å². The smallest absolute Gasteiger partial charge is 0.412 e. The van der Waals surface area contributed by atoms with Crippen LogP contribution in [0.4, 0.5) is 27.8 Å². The van der Waals surface area contributed by atoms with E-state index in [1.165, 1.54) is 0 Å². The maximum absolute atomic E-state index is 11.5. The summed E-state index contributed by atoms with van der Waals surface area (Å²) in [6, 6.07) is 11.6. The molecule has 1 aromatic heterocycles. The lowest BCUT2D eigenvalue weighted by atomic mass is 10.0. The lowest BCUT2D eigenvalue weighted by molar-refractivity contribution is 0.168. The van der Waals surface area contributed by atoms with Crippen LogP contribution in [0.5, 0.6) is 0 Å². The minimum absolute atomic E-state index is 0.00265. The quantitative estimate of drug-likeness (QED) is 0.804. The summed E-state index contributed by atoms with van der Waals surface area (Å²) >= 11 is 0. The van der Waals surface area contributed by atoms with Gasteiger partial charge in [0.05, 0.1) is 24.0 Å². The summed E-state index contributed by atoms with van der Waals surface area (Å²) in [5.74, 6) is 0.565. The second-order valence-electron chi connectivity index (χ2n) is 5.36. The van der Waals surface area contributed by atoms with Crippen LogP contribution in [-0.2, 0) is 4.74 Å². The second kappa shape index (κ2) is 6.57. The first-order valence-corrected chi connectivity index (χ1v) is 7.73. The number of rotatable bonds is 3. The van der Waals surface area contributed by atoms with Crippen LogP contribution in [0, 0.1) is 0 Å². The van der Waals surface area contributed by atoms with Gasteiger partial charge in [0.25, 0.3) is 0 Å². The van der Waals surface area contributed by atoms with E-state index >= 15 is 0 Å². The Morgan fingerprint density at radius 1 is 1.38 bits per heavy atom. The van der Waals surface area contributed by atoms with Crippen LogP contribution in [0.2, 0.25) is 0 Å². The van der Waals surface area contributed by atoms with Crippen LogP contribution in [0.1, 0.15) is 19.4 Å². The van der Waals surface area contributed by atoms with Gasteiger partial charge in [-0.15, -0.1) is 0 Å². The van der Waals surface area contributed by atoms with E-state index in [0.717, 1.165) is 17.0 Å². The van der Waals surface area contributed by atoms with Gasteiger partial charge in [0.2, 0.25) is 0 Å². The number of nitrogens with one attached hydrogen (secondary N) is 2. The van der Waals surface area contributed by atoms with Crippen molar-refractivity contribution in [3.8, 4) is 0 Å². The molecule has 7 nitrogen and oxygen atoms in total. The molecule has 0 radical (unpaired) electrons. The number of hydrogen-bond acceptors (Lipinski definition) is 6. The van der Waals surface area contributed by atoms with E-state index in [1.54, 1.807) is 13.0 Å². The highest BCUT2D eigenvalue weighted by Gasteiger charge is 2.23. The number of carbonyl (C=O) groups is 1. The molecule has 4 N–H and O–H groups in total. The summed E-state index contributed by atoms with van der Waals surface area (Å²) in [5, 5.41) is 5.90.